The number of rotatable bonds is 3. The number of pyridine rings is 1. The smallest absolute Gasteiger partial charge is 0.0534 e. The molecular weight excluding hydrogens is 238 g/mol. The van der Waals surface area contributed by atoms with E-state index in [1.165, 1.54) is 11.1 Å². The van der Waals surface area contributed by atoms with E-state index in [0.29, 0.717) is 6.04 Å². The first-order valence-electron chi connectivity index (χ1n) is 6.65. The Bertz CT molecular complexity index is 522. The third-order valence-electron chi connectivity index (χ3n) is 3.59. The van der Waals surface area contributed by atoms with Crippen molar-refractivity contribution >= 4 is 0 Å². The molecule has 0 spiro atoms. The lowest BCUT2D eigenvalue weighted by Gasteiger charge is -2.36. The highest BCUT2D eigenvalue weighted by molar-refractivity contribution is 5.17. The van der Waals surface area contributed by atoms with E-state index in [2.05, 4.69) is 38.6 Å². The number of hydrogen-bond acceptors (Lipinski definition) is 4. The van der Waals surface area contributed by atoms with Crippen LogP contribution < -0.4 is 5.32 Å². The molecule has 1 unspecified atom stereocenters. The molecule has 100 valence electrons. The van der Waals surface area contributed by atoms with Gasteiger partial charge in [-0.1, -0.05) is 0 Å². The summed E-state index contributed by atoms with van der Waals surface area (Å²) in [5, 5.41) is 7.72. The molecule has 1 saturated heterocycles. The van der Waals surface area contributed by atoms with Gasteiger partial charge in [0.05, 0.1) is 6.20 Å². The van der Waals surface area contributed by atoms with Crippen LogP contribution in [0.25, 0.3) is 0 Å². The van der Waals surface area contributed by atoms with Crippen LogP contribution in [0.3, 0.4) is 0 Å². The van der Waals surface area contributed by atoms with E-state index in [0.717, 1.165) is 26.2 Å². The van der Waals surface area contributed by atoms with E-state index < -0.39 is 0 Å². The first kappa shape index (κ1) is 12.3. The molecule has 5 nitrogen and oxygen atoms in total. The lowest BCUT2D eigenvalue weighted by atomic mass is 10.0. The minimum absolute atomic E-state index is 0.414. The SMILES string of the molecule is Cn1cc(CN2CCNCC2c2ccncc2)cn1. The summed E-state index contributed by atoms with van der Waals surface area (Å²) < 4.78 is 1.86. The molecule has 0 bridgehead atoms. The second kappa shape index (κ2) is 5.50. The Labute approximate surface area is 113 Å². The molecule has 3 heterocycles. The standard InChI is InChI=1S/C14H19N5/c1-18-10-12(8-17-18)11-19-7-6-16-9-14(19)13-2-4-15-5-3-13/h2-5,8,10,14,16H,6-7,9,11H2,1H3. The van der Waals surface area contributed by atoms with Gasteiger partial charge in [-0.3, -0.25) is 14.6 Å². The first-order valence-corrected chi connectivity index (χ1v) is 6.65. The fraction of sp³-hybridized carbons (Fsp3) is 0.429. The molecular formula is C14H19N5. The maximum absolute atomic E-state index is 4.24. The first-order chi connectivity index (χ1) is 9.33. The van der Waals surface area contributed by atoms with Crippen LogP contribution in [0.2, 0.25) is 0 Å². The fourth-order valence-corrected chi connectivity index (χ4v) is 2.64. The Morgan fingerprint density at radius 1 is 1.37 bits per heavy atom. The Kier molecular flexibility index (Phi) is 3.57. The van der Waals surface area contributed by atoms with Crippen molar-refractivity contribution in [2.75, 3.05) is 19.6 Å². The van der Waals surface area contributed by atoms with Gasteiger partial charge in [0.2, 0.25) is 0 Å². The molecule has 1 atom stereocenters. The third kappa shape index (κ3) is 2.83. The molecule has 1 N–H and O–H groups in total. The van der Waals surface area contributed by atoms with Crippen LogP contribution in [0.4, 0.5) is 0 Å². The van der Waals surface area contributed by atoms with E-state index in [1.807, 2.05) is 30.3 Å². The quantitative estimate of drug-likeness (QED) is 0.889. The van der Waals surface area contributed by atoms with Crippen LogP contribution >= 0.6 is 0 Å². The number of nitrogens with zero attached hydrogens (tertiary/aromatic N) is 4. The average molecular weight is 257 g/mol. The highest BCUT2D eigenvalue weighted by Gasteiger charge is 2.23. The summed E-state index contributed by atoms with van der Waals surface area (Å²) in [6, 6.07) is 4.62. The summed E-state index contributed by atoms with van der Waals surface area (Å²) in [5.74, 6) is 0. The molecule has 0 amide bonds. The van der Waals surface area contributed by atoms with Gasteiger partial charge < -0.3 is 5.32 Å². The highest BCUT2D eigenvalue weighted by atomic mass is 15.3. The van der Waals surface area contributed by atoms with Crippen molar-refractivity contribution in [2.24, 2.45) is 7.05 Å². The topological polar surface area (TPSA) is 46.0 Å². The second-order valence-electron chi connectivity index (χ2n) is 4.99. The van der Waals surface area contributed by atoms with Crippen molar-refractivity contribution in [3.8, 4) is 0 Å². The zero-order valence-electron chi connectivity index (χ0n) is 11.2. The van der Waals surface area contributed by atoms with Crippen molar-refractivity contribution in [2.45, 2.75) is 12.6 Å². The number of hydrogen-bond donors (Lipinski definition) is 1. The van der Waals surface area contributed by atoms with E-state index in [1.54, 1.807) is 0 Å². The van der Waals surface area contributed by atoms with Gasteiger partial charge in [-0.15, -0.1) is 0 Å². The summed E-state index contributed by atoms with van der Waals surface area (Å²) in [5.41, 5.74) is 2.59. The minimum Gasteiger partial charge on any atom is -0.314 e. The molecule has 5 heteroatoms. The molecule has 1 aliphatic rings. The lowest BCUT2D eigenvalue weighted by Crippen LogP contribution is -2.45. The average Bonchev–Trinajstić information content (AvgIpc) is 2.86. The summed E-state index contributed by atoms with van der Waals surface area (Å²) in [6.45, 7) is 4.04. The van der Waals surface area contributed by atoms with Gasteiger partial charge in [-0.05, 0) is 17.7 Å². The molecule has 2 aromatic heterocycles. The van der Waals surface area contributed by atoms with Crippen molar-refractivity contribution in [3.05, 3.63) is 48.0 Å². The van der Waals surface area contributed by atoms with Crippen LogP contribution in [-0.2, 0) is 13.6 Å². The third-order valence-corrected chi connectivity index (χ3v) is 3.59. The van der Waals surface area contributed by atoms with Gasteiger partial charge in [0.1, 0.15) is 0 Å². The summed E-state index contributed by atoms with van der Waals surface area (Å²) in [6.07, 6.45) is 7.77. The minimum atomic E-state index is 0.414. The molecule has 0 radical (unpaired) electrons. The van der Waals surface area contributed by atoms with Crippen LogP contribution in [0, 0.1) is 0 Å². The zero-order valence-corrected chi connectivity index (χ0v) is 11.2. The van der Waals surface area contributed by atoms with Crippen molar-refractivity contribution < 1.29 is 0 Å². The molecule has 1 aliphatic heterocycles. The molecule has 0 saturated carbocycles. The maximum atomic E-state index is 4.24. The van der Waals surface area contributed by atoms with E-state index in [9.17, 15) is 0 Å². The van der Waals surface area contributed by atoms with Crippen LogP contribution in [-0.4, -0.2) is 39.3 Å². The number of aromatic nitrogens is 3. The van der Waals surface area contributed by atoms with Gasteiger partial charge in [0.15, 0.2) is 0 Å². The van der Waals surface area contributed by atoms with Crippen molar-refractivity contribution in [1.82, 2.24) is 25.0 Å². The molecule has 0 aliphatic carbocycles. The van der Waals surface area contributed by atoms with Gasteiger partial charge in [0, 0.05) is 63.4 Å². The zero-order chi connectivity index (χ0) is 13.1. The normalized spacial score (nSPS) is 20.6. The van der Waals surface area contributed by atoms with Crippen LogP contribution in [0.1, 0.15) is 17.2 Å². The predicted octanol–water partition coefficient (Wildman–Crippen LogP) is 0.962. The summed E-state index contributed by atoms with van der Waals surface area (Å²) >= 11 is 0. The van der Waals surface area contributed by atoms with E-state index in [4.69, 9.17) is 0 Å². The number of aryl methyl sites for hydroxylation is 1. The predicted molar refractivity (Wildman–Crippen MR) is 73.5 cm³/mol. The molecule has 1 fully saturated rings. The highest BCUT2D eigenvalue weighted by Crippen LogP contribution is 2.23. The molecule has 19 heavy (non-hydrogen) atoms. The lowest BCUT2D eigenvalue weighted by molar-refractivity contribution is 0.153. The second-order valence-corrected chi connectivity index (χ2v) is 4.99. The van der Waals surface area contributed by atoms with Gasteiger partial charge >= 0.3 is 0 Å². The van der Waals surface area contributed by atoms with Crippen LogP contribution in [0.5, 0.6) is 0 Å². The fourth-order valence-electron chi connectivity index (χ4n) is 2.64. The van der Waals surface area contributed by atoms with E-state index >= 15 is 0 Å². The van der Waals surface area contributed by atoms with Gasteiger partial charge in [-0.2, -0.15) is 5.10 Å². The molecule has 0 aromatic carbocycles. The Morgan fingerprint density at radius 3 is 2.95 bits per heavy atom. The van der Waals surface area contributed by atoms with Crippen molar-refractivity contribution in [1.29, 1.82) is 0 Å². The van der Waals surface area contributed by atoms with Crippen molar-refractivity contribution in [3.63, 3.8) is 0 Å². The number of nitrogens with one attached hydrogen (secondary N) is 1. The largest absolute Gasteiger partial charge is 0.314 e. The molecule has 2 aromatic rings. The Morgan fingerprint density at radius 2 is 2.21 bits per heavy atom. The Hall–Kier alpha value is -1.72. The van der Waals surface area contributed by atoms with Gasteiger partial charge in [0.25, 0.3) is 0 Å². The van der Waals surface area contributed by atoms with Crippen LogP contribution in [0.15, 0.2) is 36.9 Å². The summed E-state index contributed by atoms with van der Waals surface area (Å²) in [4.78, 5) is 6.60. The van der Waals surface area contributed by atoms with Gasteiger partial charge in [-0.25, -0.2) is 0 Å². The summed E-state index contributed by atoms with van der Waals surface area (Å²) in [7, 11) is 1.96. The Balaban J connectivity index is 1.77. The van der Waals surface area contributed by atoms with E-state index in [-0.39, 0.29) is 0 Å². The maximum Gasteiger partial charge on any atom is 0.0534 e. The molecule has 3 rings (SSSR count). The monoisotopic (exact) mass is 257 g/mol. The number of piperazine rings is 1.